The van der Waals surface area contributed by atoms with Gasteiger partial charge in [-0.2, -0.15) is 0 Å². The summed E-state index contributed by atoms with van der Waals surface area (Å²) in [6.45, 7) is 1.73. The van der Waals surface area contributed by atoms with Crippen molar-refractivity contribution >= 4 is 0 Å². The van der Waals surface area contributed by atoms with Gasteiger partial charge in [0.15, 0.2) is 0 Å². The normalized spacial score (nSPS) is 9.25. The van der Waals surface area contributed by atoms with Crippen molar-refractivity contribution in [3.8, 4) is 0 Å². The van der Waals surface area contributed by atoms with Crippen molar-refractivity contribution in [1.29, 1.82) is 0 Å². The van der Waals surface area contributed by atoms with E-state index in [0.29, 0.717) is 5.56 Å². The third-order valence-corrected chi connectivity index (χ3v) is 1.75. The standard InChI is InChI=1S/C9H11FO.V/c1-2-7-4-3-5-9(10)8(7)6-11;/h3-5,11H,2,6H2,1H3;. The van der Waals surface area contributed by atoms with E-state index in [0.717, 1.165) is 12.0 Å². The van der Waals surface area contributed by atoms with Crippen LogP contribution in [0.1, 0.15) is 18.1 Å². The Labute approximate surface area is 83.5 Å². The van der Waals surface area contributed by atoms with Crippen LogP contribution in [0.2, 0.25) is 0 Å². The van der Waals surface area contributed by atoms with Gasteiger partial charge in [-0.1, -0.05) is 19.1 Å². The van der Waals surface area contributed by atoms with E-state index in [4.69, 9.17) is 5.11 Å². The van der Waals surface area contributed by atoms with Gasteiger partial charge < -0.3 is 5.11 Å². The predicted octanol–water partition coefficient (Wildman–Crippen LogP) is 1.88. The van der Waals surface area contributed by atoms with Crippen molar-refractivity contribution in [2.24, 2.45) is 0 Å². The molecule has 1 N–H and O–H groups in total. The van der Waals surface area contributed by atoms with E-state index >= 15 is 0 Å². The first-order valence-electron chi connectivity index (χ1n) is 3.66. The molecular formula is C9H11FOV. The number of aliphatic hydroxyl groups is 1. The van der Waals surface area contributed by atoms with Gasteiger partial charge in [0.25, 0.3) is 0 Å². The zero-order valence-electron chi connectivity index (χ0n) is 6.92. The van der Waals surface area contributed by atoms with Gasteiger partial charge in [0.1, 0.15) is 5.82 Å². The Balaban J connectivity index is 0.00000121. The summed E-state index contributed by atoms with van der Waals surface area (Å²) >= 11 is 0. The number of hydrogen-bond donors (Lipinski definition) is 1. The minimum absolute atomic E-state index is 0. The van der Waals surface area contributed by atoms with Gasteiger partial charge in [-0.25, -0.2) is 4.39 Å². The van der Waals surface area contributed by atoms with Crippen molar-refractivity contribution < 1.29 is 28.1 Å². The summed E-state index contributed by atoms with van der Waals surface area (Å²) in [4.78, 5) is 0. The third-order valence-electron chi connectivity index (χ3n) is 1.75. The minimum Gasteiger partial charge on any atom is -0.392 e. The molecule has 0 aliphatic heterocycles. The van der Waals surface area contributed by atoms with Crippen LogP contribution in [0.25, 0.3) is 0 Å². The van der Waals surface area contributed by atoms with E-state index in [1.807, 2.05) is 13.0 Å². The first-order valence-corrected chi connectivity index (χ1v) is 3.66. The molecule has 0 heterocycles. The summed E-state index contributed by atoms with van der Waals surface area (Å²) in [5.74, 6) is -0.313. The molecule has 0 aromatic heterocycles. The zero-order chi connectivity index (χ0) is 8.27. The van der Waals surface area contributed by atoms with Crippen molar-refractivity contribution in [3.05, 3.63) is 35.1 Å². The molecule has 0 fully saturated rings. The van der Waals surface area contributed by atoms with Crippen LogP contribution in [0.3, 0.4) is 0 Å². The maximum Gasteiger partial charge on any atom is 0.128 e. The zero-order valence-corrected chi connectivity index (χ0v) is 8.32. The molecule has 65 valence electrons. The van der Waals surface area contributed by atoms with Crippen molar-refractivity contribution in [2.45, 2.75) is 20.0 Å². The first-order chi connectivity index (χ1) is 5.29. The molecule has 0 unspecified atom stereocenters. The Morgan fingerprint density at radius 2 is 2.08 bits per heavy atom. The first kappa shape index (κ1) is 11.7. The van der Waals surface area contributed by atoms with Crippen LogP contribution in [0, 0.1) is 5.82 Å². The average Bonchev–Trinajstić information content (AvgIpc) is 2.04. The molecule has 1 aromatic rings. The monoisotopic (exact) mass is 205 g/mol. The van der Waals surface area contributed by atoms with Gasteiger partial charge in [0, 0.05) is 24.1 Å². The summed E-state index contributed by atoms with van der Waals surface area (Å²) in [6.07, 6.45) is 0.758. The van der Waals surface area contributed by atoms with Gasteiger partial charge in [-0.3, -0.25) is 0 Å². The molecule has 0 spiro atoms. The number of benzene rings is 1. The maximum atomic E-state index is 12.9. The smallest absolute Gasteiger partial charge is 0.128 e. The van der Waals surface area contributed by atoms with Crippen molar-refractivity contribution in [2.75, 3.05) is 0 Å². The Bertz CT molecular complexity index is 250. The number of hydrogen-bond acceptors (Lipinski definition) is 1. The van der Waals surface area contributed by atoms with Crippen LogP contribution in [0.4, 0.5) is 4.39 Å². The second-order valence-electron chi connectivity index (χ2n) is 2.39. The molecule has 0 amide bonds. The van der Waals surface area contributed by atoms with Crippen molar-refractivity contribution in [1.82, 2.24) is 0 Å². The van der Waals surface area contributed by atoms with Crippen LogP contribution >= 0.6 is 0 Å². The third kappa shape index (κ3) is 2.34. The summed E-state index contributed by atoms with van der Waals surface area (Å²) in [5, 5.41) is 8.79. The molecule has 1 rings (SSSR count). The summed E-state index contributed by atoms with van der Waals surface area (Å²) in [5.41, 5.74) is 1.31. The van der Waals surface area contributed by atoms with E-state index in [2.05, 4.69) is 0 Å². The fraction of sp³-hybridized carbons (Fsp3) is 0.333. The second kappa shape index (κ2) is 5.36. The number of halogens is 1. The van der Waals surface area contributed by atoms with Crippen LogP contribution in [0.15, 0.2) is 18.2 Å². The number of aliphatic hydroxyl groups excluding tert-OH is 1. The van der Waals surface area contributed by atoms with Crippen molar-refractivity contribution in [3.63, 3.8) is 0 Å². The molecule has 0 saturated heterocycles. The van der Waals surface area contributed by atoms with Crippen LogP contribution in [-0.4, -0.2) is 5.11 Å². The van der Waals surface area contributed by atoms with Gasteiger partial charge in [-0.15, -0.1) is 0 Å². The number of aryl methyl sites for hydroxylation is 1. The molecule has 0 bridgehead atoms. The minimum atomic E-state index is -0.313. The van der Waals surface area contributed by atoms with E-state index < -0.39 is 0 Å². The van der Waals surface area contributed by atoms with Crippen LogP contribution in [0.5, 0.6) is 0 Å². The second-order valence-corrected chi connectivity index (χ2v) is 2.39. The average molecular weight is 205 g/mol. The van der Waals surface area contributed by atoms with E-state index in [9.17, 15) is 4.39 Å². The predicted molar refractivity (Wildman–Crippen MR) is 41.7 cm³/mol. The maximum absolute atomic E-state index is 12.9. The van der Waals surface area contributed by atoms with Gasteiger partial charge in [0.05, 0.1) is 6.61 Å². The summed E-state index contributed by atoms with van der Waals surface area (Å²) in [6, 6.07) is 4.85. The van der Waals surface area contributed by atoms with Gasteiger partial charge in [0.2, 0.25) is 0 Å². The molecule has 1 radical (unpaired) electrons. The SMILES string of the molecule is CCc1cccc(F)c1CO.[V]. The molecule has 1 aromatic carbocycles. The molecule has 0 aliphatic rings. The molecule has 1 nitrogen and oxygen atoms in total. The molecule has 12 heavy (non-hydrogen) atoms. The molecule has 0 saturated carbocycles. The van der Waals surface area contributed by atoms with Gasteiger partial charge >= 0.3 is 0 Å². The fourth-order valence-electron chi connectivity index (χ4n) is 1.11. The molecular weight excluding hydrogens is 194 g/mol. The van der Waals surface area contributed by atoms with Crippen LogP contribution in [-0.2, 0) is 31.6 Å². The quantitative estimate of drug-likeness (QED) is 0.781. The topological polar surface area (TPSA) is 20.2 Å². The molecule has 3 heteroatoms. The van der Waals surface area contributed by atoms with E-state index in [1.165, 1.54) is 6.07 Å². The summed E-state index contributed by atoms with van der Waals surface area (Å²) in [7, 11) is 0. The van der Waals surface area contributed by atoms with Gasteiger partial charge in [-0.05, 0) is 18.1 Å². The molecule has 0 atom stereocenters. The van der Waals surface area contributed by atoms with E-state index in [-0.39, 0.29) is 31.0 Å². The van der Waals surface area contributed by atoms with E-state index in [1.54, 1.807) is 6.07 Å². The Morgan fingerprint density at radius 3 is 2.50 bits per heavy atom. The fourth-order valence-corrected chi connectivity index (χ4v) is 1.11. The summed E-state index contributed by atoms with van der Waals surface area (Å²) < 4.78 is 12.9. The van der Waals surface area contributed by atoms with Crippen LogP contribution < -0.4 is 0 Å². The largest absolute Gasteiger partial charge is 0.392 e. The Kier molecular flexibility index (Phi) is 5.22. The molecule has 0 aliphatic carbocycles. The Hall–Kier alpha value is -0.306. The Morgan fingerprint density at radius 1 is 1.42 bits per heavy atom. The number of rotatable bonds is 2.